The SMILES string of the molecule is CC(O)Cc1nc(-c2ncccc2Br)no1. The van der Waals surface area contributed by atoms with E-state index < -0.39 is 6.10 Å². The molecule has 16 heavy (non-hydrogen) atoms. The summed E-state index contributed by atoms with van der Waals surface area (Å²) in [6.45, 7) is 1.67. The first kappa shape index (κ1) is 11.2. The zero-order valence-corrected chi connectivity index (χ0v) is 10.2. The fourth-order valence-electron chi connectivity index (χ4n) is 1.24. The smallest absolute Gasteiger partial charge is 0.229 e. The minimum Gasteiger partial charge on any atom is -0.393 e. The molecule has 2 heterocycles. The van der Waals surface area contributed by atoms with E-state index in [0.29, 0.717) is 23.8 Å². The molecule has 5 nitrogen and oxygen atoms in total. The van der Waals surface area contributed by atoms with E-state index >= 15 is 0 Å². The van der Waals surface area contributed by atoms with Crippen LogP contribution in [0.15, 0.2) is 27.3 Å². The van der Waals surface area contributed by atoms with Gasteiger partial charge in [-0.05, 0) is 35.0 Å². The number of hydrogen-bond acceptors (Lipinski definition) is 5. The summed E-state index contributed by atoms with van der Waals surface area (Å²) in [5.74, 6) is 0.825. The Balaban J connectivity index is 2.28. The number of rotatable bonds is 3. The summed E-state index contributed by atoms with van der Waals surface area (Å²) in [6.07, 6.45) is 1.50. The van der Waals surface area contributed by atoms with Crippen LogP contribution in [0, 0.1) is 0 Å². The van der Waals surface area contributed by atoms with E-state index in [4.69, 9.17) is 4.52 Å². The Morgan fingerprint density at radius 3 is 3.06 bits per heavy atom. The van der Waals surface area contributed by atoms with Gasteiger partial charge in [0.2, 0.25) is 11.7 Å². The van der Waals surface area contributed by atoms with Crippen molar-refractivity contribution in [2.75, 3.05) is 0 Å². The molecular weight excluding hydrogens is 274 g/mol. The topological polar surface area (TPSA) is 72.0 Å². The number of aliphatic hydroxyl groups is 1. The van der Waals surface area contributed by atoms with Gasteiger partial charge in [0.1, 0.15) is 5.69 Å². The summed E-state index contributed by atoms with van der Waals surface area (Å²) in [5, 5.41) is 13.0. The maximum Gasteiger partial charge on any atom is 0.229 e. The van der Waals surface area contributed by atoms with E-state index in [-0.39, 0.29) is 0 Å². The average molecular weight is 284 g/mol. The Morgan fingerprint density at radius 2 is 2.38 bits per heavy atom. The average Bonchev–Trinajstić information content (AvgIpc) is 2.66. The molecule has 1 unspecified atom stereocenters. The van der Waals surface area contributed by atoms with Crippen molar-refractivity contribution < 1.29 is 9.63 Å². The molecule has 0 radical (unpaired) electrons. The van der Waals surface area contributed by atoms with Crippen LogP contribution in [0.4, 0.5) is 0 Å². The Kier molecular flexibility index (Phi) is 3.31. The first-order valence-electron chi connectivity index (χ1n) is 4.78. The largest absolute Gasteiger partial charge is 0.393 e. The van der Waals surface area contributed by atoms with Crippen molar-refractivity contribution in [1.82, 2.24) is 15.1 Å². The second-order valence-corrected chi connectivity index (χ2v) is 4.25. The van der Waals surface area contributed by atoms with Crippen molar-refractivity contribution in [3.63, 3.8) is 0 Å². The Bertz CT molecular complexity index is 484. The van der Waals surface area contributed by atoms with Crippen molar-refractivity contribution in [3.8, 4) is 11.5 Å². The molecule has 84 valence electrons. The number of hydrogen-bond donors (Lipinski definition) is 1. The molecular formula is C10H10BrN3O2. The van der Waals surface area contributed by atoms with Gasteiger partial charge in [0.25, 0.3) is 0 Å². The molecule has 0 saturated carbocycles. The number of nitrogens with zero attached hydrogens (tertiary/aromatic N) is 3. The molecule has 2 rings (SSSR count). The van der Waals surface area contributed by atoms with Crippen molar-refractivity contribution in [1.29, 1.82) is 0 Å². The predicted octanol–water partition coefficient (Wildman–Crippen LogP) is 1.82. The lowest BCUT2D eigenvalue weighted by Gasteiger charge is -1.96. The van der Waals surface area contributed by atoms with Crippen LogP contribution in [0.5, 0.6) is 0 Å². The first-order valence-corrected chi connectivity index (χ1v) is 5.57. The molecule has 0 bridgehead atoms. The molecule has 6 heteroatoms. The molecule has 0 fully saturated rings. The molecule has 2 aromatic rings. The van der Waals surface area contributed by atoms with Gasteiger partial charge in [-0.25, -0.2) is 0 Å². The second-order valence-electron chi connectivity index (χ2n) is 3.40. The van der Waals surface area contributed by atoms with Crippen LogP contribution in [-0.4, -0.2) is 26.3 Å². The molecule has 0 spiro atoms. The molecule has 0 saturated heterocycles. The lowest BCUT2D eigenvalue weighted by Crippen LogP contribution is -2.04. The third-order valence-electron chi connectivity index (χ3n) is 1.91. The standard InChI is InChI=1S/C10H10BrN3O2/c1-6(15)5-8-13-10(14-16-8)9-7(11)3-2-4-12-9/h2-4,6,15H,5H2,1H3. The van der Waals surface area contributed by atoms with Crippen LogP contribution in [-0.2, 0) is 6.42 Å². The fraction of sp³-hybridized carbons (Fsp3) is 0.300. The van der Waals surface area contributed by atoms with Crippen LogP contribution in [0.3, 0.4) is 0 Å². The van der Waals surface area contributed by atoms with Crippen LogP contribution in [0.25, 0.3) is 11.5 Å². The van der Waals surface area contributed by atoms with Crippen molar-refractivity contribution in [3.05, 3.63) is 28.7 Å². The van der Waals surface area contributed by atoms with Gasteiger partial charge in [-0.3, -0.25) is 4.98 Å². The van der Waals surface area contributed by atoms with Crippen LogP contribution in [0.1, 0.15) is 12.8 Å². The van der Waals surface area contributed by atoms with Gasteiger partial charge >= 0.3 is 0 Å². The Hall–Kier alpha value is -1.27. The third kappa shape index (κ3) is 2.45. The normalized spacial score (nSPS) is 12.7. The van der Waals surface area contributed by atoms with Gasteiger partial charge in [0.15, 0.2) is 0 Å². The monoisotopic (exact) mass is 283 g/mol. The van der Waals surface area contributed by atoms with Gasteiger partial charge in [0.05, 0.1) is 12.5 Å². The van der Waals surface area contributed by atoms with Gasteiger partial charge in [0, 0.05) is 10.7 Å². The molecule has 0 aliphatic rings. The van der Waals surface area contributed by atoms with Gasteiger partial charge < -0.3 is 9.63 Å². The first-order chi connectivity index (χ1) is 7.66. The summed E-state index contributed by atoms with van der Waals surface area (Å²) in [7, 11) is 0. The number of halogens is 1. The molecule has 1 N–H and O–H groups in total. The lowest BCUT2D eigenvalue weighted by atomic mass is 10.3. The molecule has 0 aromatic carbocycles. The predicted molar refractivity (Wildman–Crippen MR) is 60.6 cm³/mol. The van der Waals surface area contributed by atoms with E-state index in [9.17, 15) is 5.11 Å². The van der Waals surface area contributed by atoms with Gasteiger partial charge in [-0.15, -0.1) is 0 Å². The summed E-state index contributed by atoms with van der Waals surface area (Å²) in [6, 6.07) is 3.66. The summed E-state index contributed by atoms with van der Waals surface area (Å²) < 4.78 is 5.81. The maximum atomic E-state index is 9.19. The van der Waals surface area contributed by atoms with E-state index in [0.717, 1.165) is 4.47 Å². The fourth-order valence-corrected chi connectivity index (χ4v) is 1.67. The van der Waals surface area contributed by atoms with Crippen LogP contribution >= 0.6 is 15.9 Å². The van der Waals surface area contributed by atoms with E-state index in [1.807, 2.05) is 12.1 Å². The third-order valence-corrected chi connectivity index (χ3v) is 2.55. The zero-order valence-electron chi connectivity index (χ0n) is 8.59. The zero-order chi connectivity index (χ0) is 11.5. The molecule has 1 atom stereocenters. The summed E-state index contributed by atoms with van der Waals surface area (Å²) >= 11 is 3.36. The number of pyridine rings is 1. The number of aromatic nitrogens is 3. The minimum absolute atomic E-state index is 0.345. The number of aliphatic hydroxyl groups excluding tert-OH is 1. The molecule has 0 aliphatic heterocycles. The van der Waals surface area contributed by atoms with E-state index in [1.54, 1.807) is 13.1 Å². The lowest BCUT2D eigenvalue weighted by molar-refractivity contribution is 0.181. The van der Waals surface area contributed by atoms with Crippen molar-refractivity contribution >= 4 is 15.9 Å². The second kappa shape index (κ2) is 4.71. The highest BCUT2D eigenvalue weighted by atomic mass is 79.9. The Labute approximate surface area is 101 Å². The molecule has 0 amide bonds. The highest BCUT2D eigenvalue weighted by Crippen LogP contribution is 2.22. The van der Waals surface area contributed by atoms with Crippen LogP contribution in [0.2, 0.25) is 0 Å². The quantitative estimate of drug-likeness (QED) is 0.930. The summed E-state index contributed by atoms with van der Waals surface area (Å²) in [4.78, 5) is 8.30. The van der Waals surface area contributed by atoms with Crippen LogP contribution < -0.4 is 0 Å². The van der Waals surface area contributed by atoms with Crippen molar-refractivity contribution in [2.24, 2.45) is 0 Å². The minimum atomic E-state index is -0.500. The van der Waals surface area contributed by atoms with Crippen molar-refractivity contribution in [2.45, 2.75) is 19.4 Å². The highest BCUT2D eigenvalue weighted by molar-refractivity contribution is 9.10. The van der Waals surface area contributed by atoms with Gasteiger partial charge in [-0.1, -0.05) is 5.16 Å². The highest BCUT2D eigenvalue weighted by Gasteiger charge is 2.13. The van der Waals surface area contributed by atoms with E-state index in [2.05, 4.69) is 31.1 Å². The molecule has 0 aliphatic carbocycles. The summed E-state index contributed by atoms with van der Waals surface area (Å²) in [5.41, 5.74) is 0.628. The van der Waals surface area contributed by atoms with E-state index in [1.165, 1.54) is 0 Å². The maximum absolute atomic E-state index is 9.19. The Morgan fingerprint density at radius 1 is 1.56 bits per heavy atom. The van der Waals surface area contributed by atoms with Gasteiger partial charge in [-0.2, -0.15) is 4.98 Å². The molecule has 2 aromatic heterocycles.